The van der Waals surface area contributed by atoms with Crippen molar-refractivity contribution in [3.8, 4) is 0 Å². The van der Waals surface area contributed by atoms with Crippen molar-refractivity contribution in [1.82, 2.24) is 0 Å². The maximum atomic E-state index is 11.8. The molecule has 18 heavy (non-hydrogen) atoms. The smallest absolute Gasteiger partial charge is 0.157 e. The van der Waals surface area contributed by atoms with Gasteiger partial charge in [-0.2, -0.15) is 0 Å². The molecule has 0 bridgehead atoms. The fourth-order valence-corrected chi connectivity index (χ4v) is 1.86. The molecular formula is C16H23NO. The van der Waals surface area contributed by atoms with E-state index in [9.17, 15) is 4.79 Å². The predicted molar refractivity (Wildman–Crippen MR) is 77.3 cm³/mol. The van der Waals surface area contributed by atoms with E-state index in [4.69, 9.17) is 0 Å². The number of benzene rings is 1. The molecule has 0 spiro atoms. The molecule has 0 aliphatic heterocycles. The van der Waals surface area contributed by atoms with Crippen LogP contribution in [0.4, 0.5) is 0 Å². The average molecular weight is 245 g/mol. The Hall–Kier alpha value is -1.44. The summed E-state index contributed by atoms with van der Waals surface area (Å²) in [5.74, 6) is 0.248. The topological polar surface area (TPSA) is 29.4 Å². The van der Waals surface area contributed by atoms with Crippen LogP contribution in [0.2, 0.25) is 0 Å². The largest absolute Gasteiger partial charge is 0.297 e. The number of Topliss-reactive ketones (excluding diaryl/α,β-unsaturated/α-hetero) is 1. The highest BCUT2D eigenvalue weighted by Crippen LogP contribution is 2.10. The summed E-state index contributed by atoms with van der Waals surface area (Å²) in [6, 6.07) is 9.80. The van der Waals surface area contributed by atoms with Crippen molar-refractivity contribution in [2.75, 3.05) is 0 Å². The van der Waals surface area contributed by atoms with Gasteiger partial charge in [0, 0.05) is 12.6 Å². The Kier molecular flexibility index (Phi) is 7.00. The van der Waals surface area contributed by atoms with E-state index in [1.165, 1.54) is 12.8 Å². The molecule has 1 rings (SSSR count). The highest BCUT2D eigenvalue weighted by molar-refractivity contribution is 5.87. The predicted octanol–water partition coefficient (Wildman–Crippen LogP) is 4.03. The molecule has 2 nitrogen and oxygen atoms in total. The van der Waals surface area contributed by atoms with Crippen LogP contribution in [-0.2, 0) is 4.79 Å². The zero-order valence-corrected chi connectivity index (χ0v) is 11.4. The van der Waals surface area contributed by atoms with Crippen molar-refractivity contribution in [3.63, 3.8) is 0 Å². The molecule has 0 aliphatic rings. The van der Waals surface area contributed by atoms with E-state index in [-0.39, 0.29) is 11.8 Å². The van der Waals surface area contributed by atoms with Crippen molar-refractivity contribution in [1.29, 1.82) is 0 Å². The number of hydrogen-bond acceptors (Lipinski definition) is 2. The molecule has 2 heteroatoms. The fraction of sp³-hybridized carbons (Fsp3) is 0.500. The zero-order chi connectivity index (χ0) is 13.2. The van der Waals surface area contributed by atoms with Gasteiger partial charge in [0.2, 0.25) is 0 Å². The lowest BCUT2D eigenvalue weighted by atomic mass is 10.0. The minimum Gasteiger partial charge on any atom is -0.297 e. The van der Waals surface area contributed by atoms with Crippen LogP contribution in [0.5, 0.6) is 0 Å². The van der Waals surface area contributed by atoms with E-state index < -0.39 is 0 Å². The summed E-state index contributed by atoms with van der Waals surface area (Å²) >= 11 is 0. The average Bonchev–Trinajstić information content (AvgIpc) is 2.43. The first-order valence-corrected chi connectivity index (χ1v) is 6.88. The third-order valence-corrected chi connectivity index (χ3v) is 3.00. The van der Waals surface area contributed by atoms with Crippen molar-refractivity contribution in [3.05, 3.63) is 35.9 Å². The van der Waals surface area contributed by atoms with Crippen molar-refractivity contribution in [2.45, 2.75) is 52.0 Å². The molecule has 1 aromatic rings. The van der Waals surface area contributed by atoms with Crippen LogP contribution in [0, 0.1) is 0 Å². The van der Waals surface area contributed by atoms with Crippen molar-refractivity contribution >= 4 is 12.0 Å². The monoisotopic (exact) mass is 245 g/mol. The van der Waals surface area contributed by atoms with E-state index in [0.29, 0.717) is 6.42 Å². The van der Waals surface area contributed by atoms with Crippen LogP contribution in [0.25, 0.3) is 0 Å². The molecular weight excluding hydrogens is 222 g/mol. The fourth-order valence-electron chi connectivity index (χ4n) is 1.86. The summed E-state index contributed by atoms with van der Waals surface area (Å²) in [4.78, 5) is 16.3. The summed E-state index contributed by atoms with van der Waals surface area (Å²) in [5, 5.41) is 0. The van der Waals surface area contributed by atoms with E-state index >= 15 is 0 Å². The van der Waals surface area contributed by atoms with Gasteiger partial charge in [0.15, 0.2) is 5.78 Å². The highest BCUT2D eigenvalue weighted by atomic mass is 16.1. The maximum absolute atomic E-state index is 11.8. The second-order valence-electron chi connectivity index (χ2n) is 4.52. The second kappa shape index (κ2) is 8.62. The van der Waals surface area contributed by atoms with Gasteiger partial charge in [-0.1, -0.05) is 63.4 Å². The number of unbranched alkanes of at least 4 members (excludes halogenated alkanes) is 2. The van der Waals surface area contributed by atoms with Crippen LogP contribution < -0.4 is 0 Å². The SMILES string of the molecule is CCCCC[C@H](/N=C/c1ccccc1)C(=O)CC. The lowest BCUT2D eigenvalue weighted by Gasteiger charge is -2.09. The van der Waals surface area contributed by atoms with Gasteiger partial charge in [0.05, 0.1) is 0 Å². The number of carbonyl (C=O) groups excluding carboxylic acids is 1. The number of aliphatic imine (C=N–C) groups is 1. The summed E-state index contributed by atoms with van der Waals surface area (Å²) in [7, 11) is 0. The third kappa shape index (κ3) is 5.26. The molecule has 1 aromatic carbocycles. The Morgan fingerprint density at radius 3 is 2.56 bits per heavy atom. The quantitative estimate of drug-likeness (QED) is 0.502. The minimum absolute atomic E-state index is 0.151. The van der Waals surface area contributed by atoms with Crippen LogP contribution in [-0.4, -0.2) is 18.0 Å². The van der Waals surface area contributed by atoms with Gasteiger partial charge in [-0.3, -0.25) is 9.79 Å². The normalized spacial score (nSPS) is 12.8. The molecule has 0 saturated carbocycles. The number of nitrogens with zero attached hydrogens (tertiary/aromatic N) is 1. The second-order valence-corrected chi connectivity index (χ2v) is 4.52. The Labute approximate surface area is 110 Å². The van der Waals surface area contributed by atoms with Crippen LogP contribution >= 0.6 is 0 Å². The molecule has 0 heterocycles. The van der Waals surface area contributed by atoms with Crippen LogP contribution in [0.3, 0.4) is 0 Å². The van der Waals surface area contributed by atoms with Gasteiger partial charge in [-0.25, -0.2) is 0 Å². The molecule has 0 fully saturated rings. The molecule has 0 saturated heterocycles. The molecule has 0 unspecified atom stereocenters. The van der Waals surface area contributed by atoms with Crippen molar-refractivity contribution < 1.29 is 4.79 Å². The first kappa shape index (κ1) is 14.6. The first-order valence-electron chi connectivity index (χ1n) is 6.88. The highest BCUT2D eigenvalue weighted by Gasteiger charge is 2.13. The number of hydrogen-bond donors (Lipinski definition) is 0. The Morgan fingerprint density at radius 1 is 1.22 bits per heavy atom. The molecule has 0 N–H and O–H groups in total. The Morgan fingerprint density at radius 2 is 1.94 bits per heavy atom. The molecule has 1 atom stereocenters. The van der Waals surface area contributed by atoms with Gasteiger partial charge in [0.25, 0.3) is 0 Å². The summed E-state index contributed by atoms with van der Waals surface area (Å²) < 4.78 is 0. The lowest BCUT2D eigenvalue weighted by molar-refractivity contribution is -0.120. The summed E-state index contributed by atoms with van der Waals surface area (Å²) in [6.45, 7) is 4.08. The van der Waals surface area contributed by atoms with Gasteiger partial charge in [-0.15, -0.1) is 0 Å². The Bertz CT molecular complexity index is 370. The molecule has 0 aliphatic carbocycles. The Balaban J connectivity index is 2.60. The number of carbonyl (C=O) groups is 1. The van der Waals surface area contributed by atoms with Crippen LogP contribution in [0.15, 0.2) is 35.3 Å². The lowest BCUT2D eigenvalue weighted by Crippen LogP contribution is -2.17. The maximum Gasteiger partial charge on any atom is 0.157 e. The zero-order valence-electron chi connectivity index (χ0n) is 11.4. The first-order chi connectivity index (χ1) is 8.77. The van der Waals surface area contributed by atoms with Gasteiger partial charge in [0.1, 0.15) is 6.04 Å². The van der Waals surface area contributed by atoms with Crippen LogP contribution in [0.1, 0.15) is 51.5 Å². The number of ketones is 1. The minimum atomic E-state index is -0.151. The number of rotatable bonds is 8. The molecule has 0 radical (unpaired) electrons. The standard InChI is InChI=1S/C16H23NO/c1-3-5-7-12-15(16(18)4-2)17-13-14-10-8-6-9-11-14/h6,8-11,13,15H,3-5,7,12H2,1-2H3/b17-13+/t15-/m0/s1. The molecule has 0 aromatic heterocycles. The molecule has 0 amide bonds. The van der Waals surface area contributed by atoms with Gasteiger partial charge in [-0.05, 0) is 12.0 Å². The third-order valence-electron chi connectivity index (χ3n) is 3.00. The molecule has 98 valence electrons. The van der Waals surface area contributed by atoms with E-state index in [1.54, 1.807) is 0 Å². The van der Waals surface area contributed by atoms with E-state index in [0.717, 1.165) is 18.4 Å². The van der Waals surface area contributed by atoms with Gasteiger partial charge < -0.3 is 0 Å². The van der Waals surface area contributed by atoms with Crippen molar-refractivity contribution in [2.24, 2.45) is 4.99 Å². The van der Waals surface area contributed by atoms with Gasteiger partial charge >= 0.3 is 0 Å². The summed E-state index contributed by atoms with van der Waals surface area (Å²) in [5.41, 5.74) is 1.06. The summed E-state index contributed by atoms with van der Waals surface area (Å²) in [6.07, 6.45) is 6.71. The van der Waals surface area contributed by atoms with E-state index in [1.807, 2.05) is 43.5 Å². The van der Waals surface area contributed by atoms with E-state index in [2.05, 4.69) is 11.9 Å².